The Kier molecular flexibility index (Phi) is 4.90. The Bertz CT molecular complexity index is 426. The van der Waals surface area contributed by atoms with Crippen LogP contribution in [0.25, 0.3) is 0 Å². The maximum atomic E-state index is 11.6. The van der Waals surface area contributed by atoms with Gasteiger partial charge in [-0.15, -0.1) is 0 Å². The van der Waals surface area contributed by atoms with Crippen molar-refractivity contribution >= 4 is 5.91 Å². The van der Waals surface area contributed by atoms with Gasteiger partial charge in [0.15, 0.2) is 0 Å². The highest BCUT2D eigenvalue weighted by molar-refractivity contribution is 5.81. The summed E-state index contributed by atoms with van der Waals surface area (Å²) in [7, 11) is 3.72. The van der Waals surface area contributed by atoms with Gasteiger partial charge in [0.1, 0.15) is 0 Å². The second-order valence-electron chi connectivity index (χ2n) is 4.22. The third kappa shape index (κ3) is 4.40. The van der Waals surface area contributed by atoms with Crippen LogP contribution in [0.2, 0.25) is 0 Å². The Morgan fingerprint density at radius 1 is 1.47 bits per heavy atom. The SMILES string of the molecule is CC(C(=O)NCCc1cccc(=O)[nH]1)N(C)C. The van der Waals surface area contributed by atoms with Gasteiger partial charge in [-0.05, 0) is 27.1 Å². The van der Waals surface area contributed by atoms with Gasteiger partial charge in [-0.3, -0.25) is 14.5 Å². The molecular weight excluding hydrogens is 218 g/mol. The van der Waals surface area contributed by atoms with Crippen molar-refractivity contribution in [3.63, 3.8) is 0 Å². The van der Waals surface area contributed by atoms with E-state index in [4.69, 9.17) is 0 Å². The highest BCUT2D eigenvalue weighted by atomic mass is 16.2. The molecule has 1 amide bonds. The quantitative estimate of drug-likeness (QED) is 0.756. The molecule has 5 nitrogen and oxygen atoms in total. The predicted octanol–water partition coefficient (Wildman–Crippen LogP) is -0.0163. The van der Waals surface area contributed by atoms with Gasteiger partial charge in [0.25, 0.3) is 0 Å². The number of carbonyl (C=O) groups is 1. The lowest BCUT2D eigenvalue weighted by Crippen LogP contribution is -2.42. The van der Waals surface area contributed by atoms with E-state index in [-0.39, 0.29) is 17.5 Å². The molecule has 1 rings (SSSR count). The van der Waals surface area contributed by atoms with E-state index in [1.165, 1.54) is 6.07 Å². The minimum Gasteiger partial charge on any atom is -0.354 e. The molecule has 1 aromatic rings. The first-order valence-corrected chi connectivity index (χ1v) is 5.63. The monoisotopic (exact) mass is 237 g/mol. The largest absolute Gasteiger partial charge is 0.354 e. The van der Waals surface area contributed by atoms with Gasteiger partial charge in [-0.2, -0.15) is 0 Å². The van der Waals surface area contributed by atoms with Crippen molar-refractivity contribution in [3.8, 4) is 0 Å². The highest BCUT2D eigenvalue weighted by Crippen LogP contribution is 1.93. The Morgan fingerprint density at radius 2 is 2.18 bits per heavy atom. The third-order valence-corrected chi connectivity index (χ3v) is 2.68. The Balaban J connectivity index is 2.38. The molecule has 0 fully saturated rings. The summed E-state index contributed by atoms with van der Waals surface area (Å²) in [5, 5.41) is 2.83. The van der Waals surface area contributed by atoms with E-state index in [9.17, 15) is 9.59 Å². The average molecular weight is 237 g/mol. The van der Waals surface area contributed by atoms with Crippen molar-refractivity contribution in [2.45, 2.75) is 19.4 Å². The summed E-state index contributed by atoms with van der Waals surface area (Å²) in [4.78, 5) is 27.2. The highest BCUT2D eigenvalue weighted by Gasteiger charge is 2.13. The molecule has 1 atom stereocenters. The molecule has 1 unspecified atom stereocenters. The molecule has 0 radical (unpaired) electrons. The lowest BCUT2D eigenvalue weighted by molar-refractivity contribution is -0.124. The number of hydrogen-bond donors (Lipinski definition) is 2. The lowest BCUT2D eigenvalue weighted by Gasteiger charge is -2.18. The van der Waals surface area contributed by atoms with Crippen molar-refractivity contribution in [2.24, 2.45) is 0 Å². The molecule has 5 heteroatoms. The van der Waals surface area contributed by atoms with Crippen LogP contribution in [0.1, 0.15) is 12.6 Å². The minimum absolute atomic E-state index is 0.00622. The zero-order chi connectivity index (χ0) is 12.8. The second-order valence-corrected chi connectivity index (χ2v) is 4.22. The maximum Gasteiger partial charge on any atom is 0.248 e. The van der Waals surface area contributed by atoms with E-state index in [0.717, 1.165) is 5.69 Å². The summed E-state index contributed by atoms with van der Waals surface area (Å²) in [5.74, 6) is -0.00622. The topological polar surface area (TPSA) is 65.2 Å². The molecule has 94 valence electrons. The first-order chi connectivity index (χ1) is 8.00. The van der Waals surface area contributed by atoms with Gasteiger partial charge in [0.05, 0.1) is 6.04 Å². The van der Waals surface area contributed by atoms with Gasteiger partial charge in [0.2, 0.25) is 11.5 Å². The van der Waals surface area contributed by atoms with Crippen LogP contribution in [0.15, 0.2) is 23.0 Å². The number of nitrogens with zero attached hydrogens (tertiary/aromatic N) is 1. The normalized spacial score (nSPS) is 12.5. The van der Waals surface area contributed by atoms with Crippen molar-refractivity contribution in [1.82, 2.24) is 15.2 Å². The average Bonchev–Trinajstić information content (AvgIpc) is 2.27. The third-order valence-electron chi connectivity index (χ3n) is 2.68. The molecular formula is C12H19N3O2. The Hall–Kier alpha value is -1.62. The lowest BCUT2D eigenvalue weighted by atomic mass is 10.2. The zero-order valence-corrected chi connectivity index (χ0v) is 10.5. The first kappa shape index (κ1) is 13.4. The van der Waals surface area contributed by atoms with Crippen LogP contribution in [0.5, 0.6) is 0 Å². The van der Waals surface area contributed by atoms with Gasteiger partial charge in [0, 0.05) is 24.7 Å². The summed E-state index contributed by atoms with van der Waals surface area (Å²) in [6, 6.07) is 4.86. The van der Waals surface area contributed by atoms with Crippen LogP contribution in [0.4, 0.5) is 0 Å². The van der Waals surface area contributed by atoms with Crippen LogP contribution in [0, 0.1) is 0 Å². The van der Waals surface area contributed by atoms with Crippen molar-refractivity contribution < 1.29 is 4.79 Å². The molecule has 0 saturated carbocycles. The molecule has 1 heterocycles. The fourth-order valence-electron chi connectivity index (χ4n) is 1.34. The fraction of sp³-hybridized carbons (Fsp3) is 0.500. The number of amides is 1. The van der Waals surface area contributed by atoms with Gasteiger partial charge >= 0.3 is 0 Å². The van der Waals surface area contributed by atoms with Crippen molar-refractivity contribution in [1.29, 1.82) is 0 Å². The molecule has 0 saturated heterocycles. The van der Waals surface area contributed by atoms with E-state index in [1.807, 2.05) is 32.0 Å². The fourth-order valence-corrected chi connectivity index (χ4v) is 1.34. The van der Waals surface area contributed by atoms with Crippen LogP contribution >= 0.6 is 0 Å². The zero-order valence-electron chi connectivity index (χ0n) is 10.5. The number of H-pyrrole nitrogens is 1. The van der Waals surface area contributed by atoms with Crippen molar-refractivity contribution in [3.05, 3.63) is 34.2 Å². The number of pyridine rings is 1. The maximum absolute atomic E-state index is 11.6. The summed E-state index contributed by atoms with van der Waals surface area (Å²) in [6.45, 7) is 2.37. The van der Waals surface area contributed by atoms with E-state index < -0.39 is 0 Å². The number of aromatic nitrogens is 1. The molecule has 0 aliphatic carbocycles. The number of likely N-dealkylation sites (N-methyl/N-ethyl adjacent to an activating group) is 1. The van der Waals surface area contributed by atoms with E-state index in [1.54, 1.807) is 6.07 Å². The molecule has 1 aromatic heterocycles. The molecule has 2 N–H and O–H groups in total. The van der Waals surface area contributed by atoms with Gasteiger partial charge in [-0.25, -0.2) is 0 Å². The van der Waals surface area contributed by atoms with E-state index in [2.05, 4.69) is 10.3 Å². The molecule has 0 aliphatic rings. The smallest absolute Gasteiger partial charge is 0.248 e. The number of hydrogen-bond acceptors (Lipinski definition) is 3. The number of nitrogens with one attached hydrogen (secondary N) is 2. The predicted molar refractivity (Wildman–Crippen MR) is 66.9 cm³/mol. The van der Waals surface area contributed by atoms with E-state index >= 15 is 0 Å². The van der Waals surface area contributed by atoms with Gasteiger partial charge < -0.3 is 10.3 Å². The molecule has 0 spiro atoms. The minimum atomic E-state index is -0.148. The number of rotatable bonds is 5. The standard InChI is InChI=1S/C12H19N3O2/c1-9(15(2)3)12(17)13-8-7-10-5-4-6-11(16)14-10/h4-6,9H,7-8H2,1-3H3,(H,13,17)(H,14,16). The first-order valence-electron chi connectivity index (χ1n) is 5.63. The molecule has 0 bridgehead atoms. The summed E-state index contributed by atoms with van der Waals surface area (Å²) >= 11 is 0. The molecule has 17 heavy (non-hydrogen) atoms. The van der Waals surface area contributed by atoms with Crippen LogP contribution in [-0.2, 0) is 11.2 Å². The summed E-state index contributed by atoms with van der Waals surface area (Å²) < 4.78 is 0. The van der Waals surface area contributed by atoms with Crippen LogP contribution < -0.4 is 10.9 Å². The number of aromatic amines is 1. The number of carbonyl (C=O) groups excluding carboxylic acids is 1. The van der Waals surface area contributed by atoms with Crippen LogP contribution in [-0.4, -0.2) is 42.5 Å². The molecule has 0 aliphatic heterocycles. The van der Waals surface area contributed by atoms with E-state index in [0.29, 0.717) is 13.0 Å². The molecule has 0 aromatic carbocycles. The Labute approximate surface area is 101 Å². The van der Waals surface area contributed by atoms with Crippen molar-refractivity contribution in [2.75, 3.05) is 20.6 Å². The summed E-state index contributed by atoms with van der Waals surface area (Å²) in [6.07, 6.45) is 0.627. The van der Waals surface area contributed by atoms with Crippen LogP contribution in [0.3, 0.4) is 0 Å². The Morgan fingerprint density at radius 3 is 2.76 bits per heavy atom. The second kappa shape index (κ2) is 6.20. The van der Waals surface area contributed by atoms with Gasteiger partial charge in [-0.1, -0.05) is 6.07 Å². The summed E-state index contributed by atoms with van der Waals surface area (Å²) in [5.41, 5.74) is 0.714.